The number of alkyl carbamates (subject to hydrolysis) is 1. The minimum Gasteiger partial charge on any atom is -0.444 e. The molecule has 0 radical (unpaired) electrons. The van der Waals surface area contributed by atoms with Gasteiger partial charge in [0.25, 0.3) is 0 Å². The predicted molar refractivity (Wildman–Crippen MR) is 96.1 cm³/mol. The van der Waals surface area contributed by atoms with Crippen LogP contribution in [0.5, 0.6) is 0 Å². The molecule has 1 aliphatic rings. The first-order chi connectivity index (χ1) is 11.8. The van der Waals surface area contributed by atoms with Crippen LogP contribution in [0.2, 0.25) is 0 Å². The second-order valence-corrected chi connectivity index (χ2v) is 7.76. The van der Waals surface area contributed by atoms with Gasteiger partial charge in [-0.15, -0.1) is 0 Å². The Balaban J connectivity index is 1.65. The Labute approximate surface area is 147 Å². The second-order valence-electron chi connectivity index (χ2n) is 7.76. The Morgan fingerprint density at radius 1 is 1.20 bits per heavy atom. The van der Waals surface area contributed by atoms with Crippen LogP contribution >= 0.6 is 0 Å². The van der Waals surface area contributed by atoms with Crippen molar-refractivity contribution in [3.8, 4) is 0 Å². The highest BCUT2D eigenvalue weighted by Gasteiger charge is 2.26. The van der Waals surface area contributed by atoms with E-state index in [0.29, 0.717) is 5.92 Å². The van der Waals surface area contributed by atoms with Gasteiger partial charge in [-0.2, -0.15) is 0 Å². The number of hydrogen-bond donors (Lipinski definition) is 1. The quantitative estimate of drug-likeness (QED) is 0.841. The summed E-state index contributed by atoms with van der Waals surface area (Å²) in [4.78, 5) is 16.2. The van der Waals surface area contributed by atoms with Crippen molar-refractivity contribution in [1.82, 2.24) is 10.3 Å². The zero-order chi connectivity index (χ0) is 18.0. The molecule has 0 atom stereocenters. The Kier molecular flexibility index (Phi) is 4.93. The third-order valence-corrected chi connectivity index (χ3v) is 4.63. The van der Waals surface area contributed by atoms with Gasteiger partial charge in [-0.25, -0.2) is 9.18 Å². The van der Waals surface area contributed by atoms with E-state index in [1.807, 2.05) is 26.8 Å². The molecule has 1 heterocycles. The molecular weight excluding hydrogens is 319 g/mol. The average Bonchev–Trinajstić information content (AvgIpc) is 2.53. The van der Waals surface area contributed by atoms with Crippen LogP contribution in [0.15, 0.2) is 30.5 Å². The van der Waals surface area contributed by atoms with Crippen molar-refractivity contribution >= 4 is 17.0 Å². The number of pyridine rings is 1. The molecule has 0 spiro atoms. The first-order valence-electron chi connectivity index (χ1n) is 8.85. The minimum absolute atomic E-state index is 0.135. The molecule has 0 bridgehead atoms. The van der Waals surface area contributed by atoms with E-state index in [-0.39, 0.29) is 18.0 Å². The molecule has 1 aromatic heterocycles. The zero-order valence-electron chi connectivity index (χ0n) is 15.0. The third kappa shape index (κ3) is 4.47. The van der Waals surface area contributed by atoms with Gasteiger partial charge in [-0.1, -0.05) is 0 Å². The van der Waals surface area contributed by atoms with Gasteiger partial charge in [-0.3, -0.25) is 4.98 Å². The lowest BCUT2D eigenvalue weighted by Gasteiger charge is -2.30. The Morgan fingerprint density at radius 3 is 2.60 bits per heavy atom. The molecule has 4 nitrogen and oxygen atoms in total. The van der Waals surface area contributed by atoms with Crippen LogP contribution in [0.25, 0.3) is 10.9 Å². The van der Waals surface area contributed by atoms with E-state index in [0.717, 1.165) is 42.1 Å². The topological polar surface area (TPSA) is 51.2 Å². The second kappa shape index (κ2) is 6.98. The van der Waals surface area contributed by atoms with E-state index in [1.165, 1.54) is 6.07 Å². The van der Waals surface area contributed by atoms with Crippen LogP contribution < -0.4 is 5.32 Å². The average molecular weight is 344 g/mol. The van der Waals surface area contributed by atoms with Gasteiger partial charge < -0.3 is 10.1 Å². The summed E-state index contributed by atoms with van der Waals surface area (Å²) in [6.45, 7) is 5.57. The molecule has 3 rings (SSSR count). The molecule has 134 valence electrons. The van der Waals surface area contributed by atoms with E-state index in [2.05, 4.69) is 10.3 Å². The summed E-state index contributed by atoms with van der Waals surface area (Å²) in [6.07, 6.45) is 5.13. The first kappa shape index (κ1) is 17.6. The molecule has 0 aliphatic heterocycles. The molecule has 1 aromatic carbocycles. The normalized spacial score (nSPS) is 21.1. The van der Waals surface area contributed by atoms with E-state index < -0.39 is 5.60 Å². The number of fused-ring (bicyclic) bond motifs is 1. The van der Waals surface area contributed by atoms with Crippen molar-refractivity contribution < 1.29 is 13.9 Å². The fourth-order valence-corrected chi connectivity index (χ4v) is 3.52. The number of carbonyl (C=O) groups excluding carboxylic acids is 1. The fourth-order valence-electron chi connectivity index (χ4n) is 3.52. The number of hydrogen-bond acceptors (Lipinski definition) is 3. The smallest absolute Gasteiger partial charge is 0.407 e. The summed E-state index contributed by atoms with van der Waals surface area (Å²) >= 11 is 0. The van der Waals surface area contributed by atoms with Gasteiger partial charge in [0.05, 0.1) is 5.52 Å². The lowest BCUT2D eigenvalue weighted by molar-refractivity contribution is 0.0491. The largest absolute Gasteiger partial charge is 0.444 e. The molecule has 1 saturated carbocycles. The van der Waals surface area contributed by atoms with Gasteiger partial charge in [0.1, 0.15) is 11.4 Å². The van der Waals surface area contributed by atoms with Crippen molar-refractivity contribution in [2.45, 2.75) is 64.0 Å². The first-order valence-corrected chi connectivity index (χ1v) is 8.85. The van der Waals surface area contributed by atoms with E-state index in [9.17, 15) is 9.18 Å². The Hall–Kier alpha value is -2.17. The van der Waals surface area contributed by atoms with Crippen LogP contribution in [0.4, 0.5) is 9.18 Å². The third-order valence-electron chi connectivity index (χ3n) is 4.63. The molecule has 1 N–H and O–H groups in total. The van der Waals surface area contributed by atoms with Gasteiger partial charge in [0, 0.05) is 17.6 Å². The number of aromatic nitrogens is 1. The maximum Gasteiger partial charge on any atom is 0.407 e. The summed E-state index contributed by atoms with van der Waals surface area (Å²) in [5, 5.41) is 3.85. The molecule has 5 heteroatoms. The number of nitrogens with zero attached hydrogens (tertiary/aromatic N) is 1. The highest BCUT2D eigenvalue weighted by molar-refractivity contribution is 5.82. The Bertz CT molecular complexity index is 762. The van der Waals surface area contributed by atoms with Gasteiger partial charge in [0.2, 0.25) is 0 Å². The summed E-state index contributed by atoms with van der Waals surface area (Å²) in [5.74, 6) is 0.131. The molecule has 0 saturated heterocycles. The molecule has 0 unspecified atom stereocenters. The fraction of sp³-hybridized carbons (Fsp3) is 0.500. The van der Waals surface area contributed by atoms with Gasteiger partial charge in [-0.05, 0) is 82.2 Å². The van der Waals surface area contributed by atoms with Crippen LogP contribution in [-0.4, -0.2) is 22.7 Å². The summed E-state index contributed by atoms with van der Waals surface area (Å²) in [5.41, 5.74) is 1.49. The van der Waals surface area contributed by atoms with E-state index >= 15 is 0 Å². The number of amides is 1. The SMILES string of the molecule is CC(C)(C)OC(=O)NC1CCC(c2ccnc3ccc(F)cc23)CC1. The van der Waals surface area contributed by atoms with E-state index in [4.69, 9.17) is 4.74 Å². The number of carbonyl (C=O) groups is 1. The molecule has 1 amide bonds. The maximum absolute atomic E-state index is 13.6. The Morgan fingerprint density at radius 2 is 1.92 bits per heavy atom. The molecule has 25 heavy (non-hydrogen) atoms. The zero-order valence-corrected chi connectivity index (χ0v) is 15.0. The summed E-state index contributed by atoms with van der Waals surface area (Å²) in [7, 11) is 0. The molecule has 2 aromatic rings. The summed E-state index contributed by atoms with van der Waals surface area (Å²) in [6, 6.07) is 6.87. The van der Waals surface area contributed by atoms with Crippen molar-refractivity contribution in [2.75, 3.05) is 0 Å². The minimum atomic E-state index is -0.485. The number of halogens is 1. The highest BCUT2D eigenvalue weighted by atomic mass is 19.1. The maximum atomic E-state index is 13.6. The van der Waals surface area contributed by atoms with Crippen molar-refractivity contribution in [2.24, 2.45) is 0 Å². The molecule has 1 aliphatic carbocycles. The van der Waals surface area contributed by atoms with Crippen LogP contribution in [0.1, 0.15) is 57.9 Å². The number of nitrogens with one attached hydrogen (secondary N) is 1. The van der Waals surface area contributed by atoms with Crippen LogP contribution in [-0.2, 0) is 4.74 Å². The predicted octanol–water partition coefficient (Wildman–Crippen LogP) is 4.92. The lowest BCUT2D eigenvalue weighted by Crippen LogP contribution is -2.40. The number of rotatable bonds is 2. The highest BCUT2D eigenvalue weighted by Crippen LogP contribution is 2.36. The van der Waals surface area contributed by atoms with Crippen molar-refractivity contribution in [1.29, 1.82) is 0 Å². The van der Waals surface area contributed by atoms with E-state index in [1.54, 1.807) is 18.3 Å². The monoisotopic (exact) mass is 344 g/mol. The molecule has 1 fully saturated rings. The van der Waals surface area contributed by atoms with Crippen LogP contribution in [0, 0.1) is 5.82 Å². The van der Waals surface area contributed by atoms with Gasteiger partial charge in [0.15, 0.2) is 0 Å². The number of ether oxygens (including phenoxy) is 1. The lowest BCUT2D eigenvalue weighted by atomic mass is 9.80. The number of benzene rings is 1. The van der Waals surface area contributed by atoms with Crippen molar-refractivity contribution in [3.63, 3.8) is 0 Å². The summed E-state index contributed by atoms with van der Waals surface area (Å²) < 4.78 is 19.0. The standard InChI is InChI=1S/C20H25FN2O2/c1-20(2,3)25-19(24)23-15-7-4-13(5-8-15)16-10-11-22-18-9-6-14(21)12-17(16)18/h6,9-13,15H,4-5,7-8H2,1-3H3,(H,23,24). The van der Waals surface area contributed by atoms with Crippen molar-refractivity contribution in [3.05, 3.63) is 41.8 Å². The molecular formula is C20H25FN2O2. The van der Waals surface area contributed by atoms with Crippen LogP contribution in [0.3, 0.4) is 0 Å². The van der Waals surface area contributed by atoms with Gasteiger partial charge >= 0.3 is 6.09 Å².